The lowest BCUT2D eigenvalue weighted by Crippen LogP contribution is -2.22. The number of ether oxygens (including phenoxy) is 3. The van der Waals surface area contributed by atoms with Crippen LogP contribution in [0.2, 0.25) is 0 Å². The summed E-state index contributed by atoms with van der Waals surface area (Å²) in [5, 5.41) is 0. The monoisotopic (exact) mass is 376 g/mol. The van der Waals surface area contributed by atoms with Crippen LogP contribution in [0.4, 0.5) is 0 Å². The molecule has 0 aromatic heterocycles. The highest BCUT2D eigenvalue weighted by Gasteiger charge is 2.14. The Bertz CT molecular complexity index is 609. The van der Waals surface area contributed by atoms with Gasteiger partial charge in [-0.2, -0.15) is 0 Å². The first-order valence-electron chi connectivity index (χ1n) is 7.99. The minimum absolute atomic E-state index is 0.0651. The molecule has 1 aliphatic heterocycles. The lowest BCUT2D eigenvalue weighted by Gasteiger charge is -2.23. The summed E-state index contributed by atoms with van der Waals surface area (Å²) in [6, 6.07) is 16.2. The molecule has 0 N–H and O–H groups in total. The van der Waals surface area contributed by atoms with Gasteiger partial charge in [-0.25, -0.2) is 0 Å². The molecule has 3 rings (SSSR count). The van der Waals surface area contributed by atoms with Gasteiger partial charge in [0.15, 0.2) is 6.29 Å². The zero-order chi connectivity index (χ0) is 15.9. The molecule has 0 bridgehead atoms. The molecule has 2 aromatic carbocycles. The van der Waals surface area contributed by atoms with E-state index in [0.717, 1.165) is 40.8 Å². The zero-order valence-electron chi connectivity index (χ0n) is 13.0. The zero-order valence-corrected chi connectivity index (χ0v) is 14.6. The van der Waals surface area contributed by atoms with Crippen LogP contribution in [0.1, 0.15) is 30.4 Å². The van der Waals surface area contributed by atoms with Crippen molar-refractivity contribution in [1.82, 2.24) is 0 Å². The van der Waals surface area contributed by atoms with E-state index in [-0.39, 0.29) is 6.29 Å². The molecule has 1 heterocycles. The van der Waals surface area contributed by atoms with Gasteiger partial charge in [0, 0.05) is 11.1 Å². The Kier molecular flexibility index (Phi) is 6.08. The summed E-state index contributed by atoms with van der Waals surface area (Å²) in [6.45, 7) is 1.92. The highest BCUT2D eigenvalue weighted by Crippen LogP contribution is 2.25. The van der Waals surface area contributed by atoms with Crippen molar-refractivity contribution < 1.29 is 14.2 Å². The molecular weight excluding hydrogens is 356 g/mol. The first-order valence-corrected chi connectivity index (χ1v) is 8.79. The van der Waals surface area contributed by atoms with Gasteiger partial charge in [0.05, 0.1) is 6.61 Å². The normalized spacial score (nSPS) is 17.9. The summed E-state index contributed by atoms with van der Waals surface area (Å²) in [4.78, 5) is 0. The van der Waals surface area contributed by atoms with E-state index in [2.05, 4.69) is 28.1 Å². The van der Waals surface area contributed by atoms with Gasteiger partial charge in [-0.15, -0.1) is 0 Å². The summed E-state index contributed by atoms with van der Waals surface area (Å²) in [6.07, 6.45) is 3.23. The Morgan fingerprint density at radius 1 is 1.04 bits per heavy atom. The lowest BCUT2D eigenvalue weighted by molar-refractivity contribution is -0.169. The fourth-order valence-electron chi connectivity index (χ4n) is 2.50. The van der Waals surface area contributed by atoms with Crippen molar-refractivity contribution in [1.29, 1.82) is 0 Å². The van der Waals surface area contributed by atoms with Gasteiger partial charge in [0.2, 0.25) is 0 Å². The standard InChI is InChI=1S/C19H21BrO3/c20-18-12-17(22-13-15-6-2-1-3-7-15)10-9-16(18)14-23-19-8-4-5-11-21-19/h1-3,6-7,9-10,12,19H,4-5,8,11,13-14H2. The van der Waals surface area contributed by atoms with E-state index in [9.17, 15) is 0 Å². The summed E-state index contributed by atoms with van der Waals surface area (Å²) in [5.41, 5.74) is 2.26. The predicted molar refractivity (Wildman–Crippen MR) is 93.3 cm³/mol. The van der Waals surface area contributed by atoms with Crippen LogP contribution in [0.15, 0.2) is 53.0 Å². The van der Waals surface area contributed by atoms with Crippen molar-refractivity contribution in [3.8, 4) is 5.75 Å². The van der Waals surface area contributed by atoms with E-state index in [1.54, 1.807) is 0 Å². The van der Waals surface area contributed by atoms with E-state index in [4.69, 9.17) is 14.2 Å². The Balaban J connectivity index is 1.52. The number of rotatable bonds is 6. The van der Waals surface area contributed by atoms with Crippen LogP contribution >= 0.6 is 15.9 Å². The van der Waals surface area contributed by atoms with Gasteiger partial charge in [-0.1, -0.05) is 52.3 Å². The number of hydrogen-bond donors (Lipinski definition) is 0. The van der Waals surface area contributed by atoms with Gasteiger partial charge in [-0.05, 0) is 42.5 Å². The first kappa shape index (κ1) is 16.5. The largest absolute Gasteiger partial charge is 0.489 e. The van der Waals surface area contributed by atoms with Crippen LogP contribution in [-0.4, -0.2) is 12.9 Å². The predicted octanol–water partition coefficient (Wildman–Crippen LogP) is 5.07. The summed E-state index contributed by atoms with van der Waals surface area (Å²) < 4.78 is 18.2. The van der Waals surface area contributed by atoms with Crippen LogP contribution < -0.4 is 4.74 Å². The van der Waals surface area contributed by atoms with E-state index < -0.39 is 0 Å². The Hall–Kier alpha value is -1.36. The first-order chi connectivity index (χ1) is 11.3. The lowest BCUT2D eigenvalue weighted by atomic mass is 10.2. The Morgan fingerprint density at radius 2 is 1.91 bits per heavy atom. The molecule has 0 aliphatic carbocycles. The van der Waals surface area contributed by atoms with Crippen LogP contribution in [0.3, 0.4) is 0 Å². The van der Waals surface area contributed by atoms with E-state index in [0.29, 0.717) is 13.2 Å². The molecule has 1 atom stereocenters. The Morgan fingerprint density at radius 3 is 2.65 bits per heavy atom. The molecule has 3 nitrogen and oxygen atoms in total. The molecular formula is C19H21BrO3. The highest BCUT2D eigenvalue weighted by atomic mass is 79.9. The van der Waals surface area contributed by atoms with E-state index in [1.807, 2.05) is 36.4 Å². The molecule has 122 valence electrons. The van der Waals surface area contributed by atoms with Crippen LogP contribution in [-0.2, 0) is 22.7 Å². The van der Waals surface area contributed by atoms with E-state index >= 15 is 0 Å². The highest BCUT2D eigenvalue weighted by molar-refractivity contribution is 9.10. The molecule has 4 heteroatoms. The van der Waals surface area contributed by atoms with Gasteiger partial charge in [0.25, 0.3) is 0 Å². The van der Waals surface area contributed by atoms with Crippen molar-refractivity contribution in [2.45, 2.75) is 38.8 Å². The van der Waals surface area contributed by atoms with Crippen molar-refractivity contribution in [3.05, 3.63) is 64.1 Å². The molecule has 0 amide bonds. The molecule has 0 saturated carbocycles. The van der Waals surface area contributed by atoms with Gasteiger partial charge in [-0.3, -0.25) is 0 Å². The minimum atomic E-state index is -0.0651. The van der Waals surface area contributed by atoms with Crippen LogP contribution in [0.5, 0.6) is 5.75 Å². The molecule has 0 radical (unpaired) electrons. The van der Waals surface area contributed by atoms with Crippen molar-refractivity contribution in [2.24, 2.45) is 0 Å². The van der Waals surface area contributed by atoms with Crippen molar-refractivity contribution in [3.63, 3.8) is 0 Å². The molecule has 23 heavy (non-hydrogen) atoms. The molecule has 1 saturated heterocycles. The quantitative estimate of drug-likeness (QED) is 0.703. The number of hydrogen-bond acceptors (Lipinski definition) is 3. The molecule has 0 spiro atoms. The van der Waals surface area contributed by atoms with E-state index in [1.165, 1.54) is 6.42 Å². The number of benzene rings is 2. The second-order valence-corrected chi connectivity index (χ2v) is 6.49. The summed E-state index contributed by atoms with van der Waals surface area (Å²) in [5.74, 6) is 0.846. The molecule has 1 unspecified atom stereocenters. The maximum absolute atomic E-state index is 5.83. The SMILES string of the molecule is Brc1cc(OCc2ccccc2)ccc1COC1CCCCO1. The molecule has 1 fully saturated rings. The molecule has 2 aromatic rings. The van der Waals surface area contributed by atoms with Gasteiger partial charge >= 0.3 is 0 Å². The second kappa shape index (κ2) is 8.48. The third-order valence-corrected chi connectivity index (χ3v) is 4.57. The topological polar surface area (TPSA) is 27.7 Å². The summed E-state index contributed by atoms with van der Waals surface area (Å²) in [7, 11) is 0. The van der Waals surface area contributed by atoms with Crippen LogP contribution in [0.25, 0.3) is 0 Å². The third kappa shape index (κ3) is 5.06. The van der Waals surface area contributed by atoms with Crippen LogP contribution in [0, 0.1) is 0 Å². The maximum Gasteiger partial charge on any atom is 0.158 e. The molecule has 1 aliphatic rings. The maximum atomic E-state index is 5.83. The minimum Gasteiger partial charge on any atom is -0.489 e. The second-order valence-electron chi connectivity index (χ2n) is 5.63. The van der Waals surface area contributed by atoms with Crippen molar-refractivity contribution >= 4 is 15.9 Å². The summed E-state index contributed by atoms with van der Waals surface area (Å²) >= 11 is 3.60. The number of halogens is 1. The average molecular weight is 377 g/mol. The fourth-order valence-corrected chi connectivity index (χ4v) is 2.97. The van der Waals surface area contributed by atoms with Crippen molar-refractivity contribution in [2.75, 3.05) is 6.61 Å². The van der Waals surface area contributed by atoms with Gasteiger partial charge in [0.1, 0.15) is 12.4 Å². The smallest absolute Gasteiger partial charge is 0.158 e. The Labute approximate surface area is 145 Å². The average Bonchev–Trinajstić information content (AvgIpc) is 2.61. The fraction of sp³-hybridized carbons (Fsp3) is 0.368. The third-order valence-electron chi connectivity index (χ3n) is 3.84. The van der Waals surface area contributed by atoms with Gasteiger partial charge < -0.3 is 14.2 Å².